The van der Waals surface area contributed by atoms with Crippen LogP contribution in [0.1, 0.15) is 17.0 Å². The first-order chi connectivity index (χ1) is 9.33. The Morgan fingerprint density at radius 2 is 1.84 bits per heavy atom. The van der Waals surface area contributed by atoms with Gasteiger partial charge in [0.05, 0.1) is 6.54 Å². The van der Waals surface area contributed by atoms with Crippen molar-refractivity contribution < 1.29 is 0 Å². The van der Waals surface area contributed by atoms with Crippen molar-refractivity contribution in [2.45, 2.75) is 20.0 Å². The van der Waals surface area contributed by atoms with Gasteiger partial charge in [-0.05, 0) is 24.6 Å². The summed E-state index contributed by atoms with van der Waals surface area (Å²) in [5.41, 5.74) is 3.45. The van der Waals surface area contributed by atoms with Crippen molar-refractivity contribution >= 4 is 5.65 Å². The highest BCUT2D eigenvalue weighted by atomic mass is 15.3. The molecule has 4 heteroatoms. The molecule has 0 aliphatic rings. The van der Waals surface area contributed by atoms with Crippen molar-refractivity contribution in [2.75, 3.05) is 0 Å². The van der Waals surface area contributed by atoms with E-state index in [0.717, 1.165) is 18.0 Å². The second-order valence-electron chi connectivity index (χ2n) is 4.63. The van der Waals surface area contributed by atoms with Crippen LogP contribution in [0.3, 0.4) is 0 Å². The Morgan fingerprint density at radius 3 is 2.68 bits per heavy atom. The van der Waals surface area contributed by atoms with Gasteiger partial charge in [0.15, 0.2) is 11.5 Å². The molecule has 0 unspecified atom stereocenters. The van der Waals surface area contributed by atoms with E-state index >= 15 is 0 Å². The van der Waals surface area contributed by atoms with Gasteiger partial charge < -0.3 is 5.32 Å². The molecule has 3 rings (SSSR count). The summed E-state index contributed by atoms with van der Waals surface area (Å²) >= 11 is 0. The third-order valence-corrected chi connectivity index (χ3v) is 3.12. The predicted octanol–water partition coefficient (Wildman–Crippen LogP) is 2.33. The number of hydrogen-bond acceptors (Lipinski definition) is 3. The number of benzene rings is 1. The van der Waals surface area contributed by atoms with E-state index in [9.17, 15) is 0 Å². The highest BCUT2D eigenvalue weighted by Gasteiger charge is 2.03. The SMILES string of the molecule is Cc1ccc(CNCc2nnc3ccccn23)cc1. The molecule has 2 heterocycles. The first-order valence-corrected chi connectivity index (χ1v) is 6.38. The number of nitrogens with zero attached hydrogens (tertiary/aromatic N) is 3. The van der Waals surface area contributed by atoms with E-state index in [-0.39, 0.29) is 0 Å². The van der Waals surface area contributed by atoms with E-state index in [1.54, 1.807) is 0 Å². The van der Waals surface area contributed by atoms with Crippen molar-refractivity contribution in [2.24, 2.45) is 0 Å². The largest absolute Gasteiger partial charge is 0.306 e. The summed E-state index contributed by atoms with van der Waals surface area (Å²) < 4.78 is 2.00. The number of nitrogens with one attached hydrogen (secondary N) is 1. The summed E-state index contributed by atoms with van der Waals surface area (Å²) in [6, 6.07) is 14.4. The molecule has 0 fully saturated rings. The standard InChI is InChI=1S/C15H16N4/c1-12-5-7-13(8-6-12)10-16-11-15-18-17-14-4-2-3-9-19(14)15/h2-9,16H,10-11H2,1H3. The van der Waals surface area contributed by atoms with Crippen LogP contribution in [0.5, 0.6) is 0 Å². The van der Waals surface area contributed by atoms with Crippen molar-refractivity contribution in [3.63, 3.8) is 0 Å². The van der Waals surface area contributed by atoms with Crippen LogP contribution in [0, 0.1) is 6.92 Å². The van der Waals surface area contributed by atoms with Gasteiger partial charge in [-0.2, -0.15) is 0 Å². The molecule has 0 aliphatic heterocycles. The van der Waals surface area contributed by atoms with E-state index in [0.29, 0.717) is 6.54 Å². The van der Waals surface area contributed by atoms with E-state index in [1.807, 2.05) is 28.8 Å². The molecule has 0 bridgehead atoms. The maximum absolute atomic E-state index is 4.19. The van der Waals surface area contributed by atoms with Gasteiger partial charge in [-0.25, -0.2) is 0 Å². The summed E-state index contributed by atoms with van der Waals surface area (Å²) in [4.78, 5) is 0. The Balaban J connectivity index is 1.65. The summed E-state index contributed by atoms with van der Waals surface area (Å²) in [6.07, 6.45) is 1.98. The molecule has 1 N–H and O–H groups in total. The Bertz CT molecular complexity index is 670. The minimum absolute atomic E-state index is 0.707. The molecule has 1 aromatic carbocycles. The molecule has 2 aromatic heterocycles. The van der Waals surface area contributed by atoms with Gasteiger partial charge in [-0.1, -0.05) is 35.9 Å². The van der Waals surface area contributed by atoms with Crippen LogP contribution in [-0.2, 0) is 13.1 Å². The van der Waals surface area contributed by atoms with Crippen LogP contribution in [-0.4, -0.2) is 14.6 Å². The smallest absolute Gasteiger partial charge is 0.160 e. The second-order valence-corrected chi connectivity index (χ2v) is 4.63. The number of rotatable bonds is 4. The summed E-state index contributed by atoms with van der Waals surface area (Å²) in [5.74, 6) is 0.933. The lowest BCUT2D eigenvalue weighted by Crippen LogP contribution is -2.14. The van der Waals surface area contributed by atoms with Crippen LogP contribution in [0.4, 0.5) is 0 Å². The van der Waals surface area contributed by atoms with Crippen LogP contribution in [0.2, 0.25) is 0 Å². The number of hydrogen-bond donors (Lipinski definition) is 1. The van der Waals surface area contributed by atoms with E-state index < -0.39 is 0 Å². The molecular formula is C15H16N4. The number of aryl methyl sites for hydroxylation is 1. The minimum Gasteiger partial charge on any atom is -0.306 e. The lowest BCUT2D eigenvalue weighted by Gasteiger charge is -2.04. The fourth-order valence-corrected chi connectivity index (χ4v) is 2.04. The van der Waals surface area contributed by atoms with Crippen molar-refractivity contribution in [3.05, 3.63) is 65.6 Å². The van der Waals surface area contributed by atoms with Crippen molar-refractivity contribution in [1.82, 2.24) is 19.9 Å². The predicted molar refractivity (Wildman–Crippen MR) is 74.7 cm³/mol. The fraction of sp³-hybridized carbons (Fsp3) is 0.200. The van der Waals surface area contributed by atoms with Crippen LogP contribution in [0.15, 0.2) is 48.7 Å². The van der Waals surface area contributed by atoms with Crippen LogP contribution >= 0.6 is 0 Å². The van der Waals surface area contributed by atoms with Gasteiger partial charge in [0.1, 0.15) is 0 Å². The number of pyridine rings is 1. The molecule has 0 amide bonds. The van der Waals surface area contributed by atoms with E-state index in [1.165, 1.54) is 11.1 Å². The number of fused-ring (bicyclic) bond motifs is 1. The maximum Gasteiger partial charge on any atom is 0.160 e. The van der Waals surface area contributed by atoms with Gasteiger partial charge in [-0.15, -0.1) is 10.2 Å². The monoisotopic (exact) mass is 252 g/mol. The Kier molecular flexibility index (Phi) is 3.25. The van der Waals surface area contributed by atoms with Crippen molar-refractivity contribution in [1.29, 1.82) is 0 Å². The molecule has 0 spiro atoms. The third-order valence-electron chi connectivity index (χ3n) is 3.12. The zero-order valence-corrected chi connectivity index (χ0v) is 10.9. The van der Waals surface area contributed by atoms with Crippen LogP contribution < -0.4 is 5.32 Å². The van der Waals surface area contributed by atoms with E-state index in [2.05, 4.69) is 46.7 Å². The van der Waals surface area contributed by atoms with Crippen LogP contribution in [0.25, 0.3) is 5.65 Å². The summed E-state index contributed by atoms with van der Waals surface area (Å²) in [6.45, 7) is 3.64. The Hall–Kier alpha value is -2.20. The highest BCUT2D eigenvalue weighted by Crippen LogP contribution is 2.05. The molecule has 0 atom stereocenters. The van der Waals surface area contributed by atoms with Gasteiger partial charge in [-0.3, -0.25) is 4.40 Å². The van der Waals surface area contributed by atoms with Gasteiger partial charge in [0, 0.05) is 12.7 Å². The summed E-state index contributed by atoms with van der Waals surface area (Å²) in [7, 11) is 0. The van der Waals surface area contributed by atoms with Gasteiger partial charge in [0.2, 0.25) is 0 Å². The van der Waals surface area contributed by atoms with Crippen molar-refractivity contribution in [3.8, 4) is 0 Å². The normalized spacial score (nSPS) is 11.0. The Labute approximate surface area is 112 Å². The molecule has 0 saturated heterocycles. The minimum atomic E-state index is 0.707. The highest BCUT2D eigenvalue weighted by molar-refractivity contribution is 5.36. The zero-order valence-electron chi connectivity index (χ0n) is 10.9. The first kappa shape index (κ1) is 11.9. The second kappa shape index (κ2) is 5.20. The molecule has 3 aromatic rings. The first-order valence-electron chi connectivity index (χ1n) is 6.38. The third kappa shape index (κ3) is 2.63. The number of aromatic nitrogens is 3. The lowest BCUT2D eigenvalue weighted by molar-refractivity contribution is 0.656. The van der Waals surface area contributed by atoms with Gasteiger partial charge >= 0.3 is 0 Å². The molecule has 96 valence electrons. The fourth-order valence-electron chi connectivity index (χ4n) is 2.04. The summed E-state index contributed by atoms with van der Waals surface area (Å²) in [5, 5.41) is 11.7. The molecule has 0 radical (unpaired) electrons. The molecule has 0 saturated carbocycles. The molecule has 4 nitrogen and oxygen atoms in total. The molecule has 0 aliphatic carbocycles. The maximum atomic E-state index is 4.19. The molecule has 19 heavy (non-hydrogen) atoms. The topological polar surface area (TPSA) is 42.2 Å². The zero-order chi connectivity index (χ0) is 13.1. The Morgan fingerprint density at radius 1 is 1.00 bits per heavy atom. The van der Waals surface area contributed by atoms with Gasteiger partial charge in [0.25, 0.3) is 0 Å². The lowest BCUT2D eigenvalue weighted by atomic mass is 10.1. The van der Waals surface area contributed by atoms with E-state index in [4.69, 9.17) is 0 Å². The average molecular weight is 252 g/mol. The quantitative estimate of drug-likeness (QED) is 0.775. The average Bonchev–Trinajstić information content (AvgIpc) is 2.85. The molecular weight excluding hydrogens is 236 g/mol.